The minimum Gasteiger partial charge on any atom is -0.341 e. The summed E-state index contributed by atoms with van der Waals surface area (Å²) < 4.78 is 0. The summed E-state index contributed by atoms with van der Waals surface area (Å²) in [5.74, 6) is 0.139. The summed E-state index contributed by atoms with van der Waals surface area (Å²) in [5, 5.41) is 0. The summed E-state index contributed by atoms with van der Waals surface area (Å²) in [5.41, 5.74) is 2.85. The molecule has 0 aromatic carbocycles. The quantitative estimate of drug-likeness (QED) is 0.565. The van der Waals surface area contributed by atoms with Gasteiger partial charge in [-0.2, -0.15) is 0 Å². The number of nitrogens with one attached hydrogen (secondary N) is 1. The van der Waals surface area contributed by atoms with E-state index in [1.807, 2.05) is 4.90 Å². The second-order valence-electron chi connectivity index (χ2n) is 2.96. The van der Waals surface area contributed by atoms with Crippen LogP contribution in [-0.2, 0) is 9.63 Å². The van der Waals surface area contributed by atoms with E-state index < -0.39 is 0 Å². The molecule has 0 spiro atoms. The Morgan fingerprint density at radius 1 is 1.42 bits per heavy atom. The van der Waals surface area contributed by atoms with Crippen molar-refractivity contribution in [3.8, 4) is 0 Å². The van der Waals surface area contributed by atoms with E-state index in [-0.39, 0.29) is 5.91 Å². The van der Waals surface area contributed by atoms with Crippen molar-refractivity contribution in [2.24, 2.45) is 0 Å². The van der Waals surface area contributed by atoms with Crippen LogP contribution in [-0.4, -0.2) is 37.0 Å². The van der Waals surface area contributed by atoms with E-state index in [4.69, 9.17) is 4.84 Å². The van der Waals surface area contributed by atoms with Gasteiger partial charge in [0.2, 0.25) is 5.91 Å². The highest BCUT2D eigenvalue weighted by Crippen LogP contribution is 1.97. The van der Waals surface area contributed by atoms with Crippen molar-refractivity contribution >= 4 is 5.91 Å². The number of rotatable bonds is 0. The van der Waals surface area contributed by atoms with E-state index in [0.717, 1.165) is 25.9 Å². The minimum absolute atomic E-state index is 0.139. The van der Waals surface area contributed by atoms with Crippen LogP contribution < -0.4 is 5.48 Å². The van der Waals surface area contributed by atoms with E-state index in [1.54, 1.807) is 6.92 Å². The van der Waals surface area contributed by atoms with Crippen LogP contribution >= 0.6 is 0 Å². The summed E-state index contributed by atoms with van der Waals surface area (Å²) >= 11 is 0. The molecule has 0 aliphatic carbocycles. The number of nitrogens with zero attached hydrogens (tertiary/aromatic N) is 1. The monoisotopic (exact) mass is 172 g/mol. The maximum absolute atomic E-state index is 11.0. The highest BCUT2D eigenvalue weighted by molar-refractivity contribution is 5.73. The Balaban J connectivity index is 2.33. The molecule has 0 saturated carbocycles. The standard InChI is InChI=1S/C8H16N2O2/c1-8(11)10-5-3-2-4-9-12-7-6-10/h9H,2-7H2,1H3. The van der Waals surface area contributed by atoms with Crippen molar-refractivity contribution in [2.45, 2.75) is 19.8 Å². The van der Waals surface area contributed by atoms with Crippen molar-refractivity contribution in [3.63, 3.8) is 0 Å². The molecule has 1 fully saturated rings. The first kappa shape index (κ1) is 9.48. The molecule has 12 heavy (non-hydrogen) atoms. The highest BCUT2D eigenvalue weighted by Gasteiger charge is 2.08. The van der Waals surface area contributed by atoms with Crippen molar-refractivity contribution in [2.75, 3.05) is 26.2 Å². The SMILES string of the molecule is CC(=O)N1CCCCNOCC1. The van der Waals surface area contributed by atoms with Gasteiger partial charge in [-0.25, -0.2) is 5.48 Å². The molecule has 0 radical (unpaired) electrons. The topological polar surface area (TPSA) is 41.6 Å². The Bertz CT molecular complexity index is 140. The average molecular weight is 172 g/mol. The third-order valence-electron chi connectivity index (χ3n) is 1.97. The number of hydroxylamine groups is 1. The molecule has 1 N–H and O–H groups in total. The number of carbonyl (C=O) groups excluding carboxylic acids is 1. The van der Waals surface area contributed by atoms with E-state index in [9.17, 15) is 4.79 Å². The van der Waals surface area contributed by atoms with E-state index in [2.05, 4.69) is 5.48 Å². The summed E-state index contributed by atoms with van der Waals surface area (Å²) in [6, 6.07) is 0. The van der Waals surface area contributed by atoms with Crippen molar-refractivity contribution in [1.82, 2.24) is 10.4 Å². The molecular weight excluding hydrogens is 156 g/mol. The maximum atomic E-state index is 11.0. The summed E-state index contributed by atoms with van der Waals surface area (Å²) in [4.78, 5) is 17.9. The van der Waals surface area contributed by atoms with Crippen LogP contribution in [0.25, 0.3) is 0 Å². The highest BCUT2D eigenvalue weighted by atomic mass is 16.6. The zero-order valence-electron chi connectivity index (χ0n) is 7.51. The lowest BCUT2D eigenvalue weighted by molar-refractivity contribution is -0.129. The number of carbonyl (C=O) groups is 1. The van der Waals surface area contributed by atoms with Crippen LogP contribution in [0.5, 0.6) is 0 Å². The molecule has 4 nitrogen and oxygen atoms in total. The first-order valence-corrected chi connectivity index (χ1v) is 4.41. The van der Waals surface area contributed by atoms with Gasteiger partial charge in [-0.15, -0.1) is 0 Å². The Hall–Kier alpha value is -0.610. The molecule has 4 heteroatoms. The second kappa shape index (κ2) is 5.11. The molecule has 1 heterocycles. The molecule has 1 aliphatic heterocycles. The molecule has 70 valence electrons. The molecule has 1 amide bonds. The zero-order valence-corrected chi connectivity index (χ0v) is 7.51. The number of hydrogen-bond donors (Lipinski definition) is 1. The molecule has 1 aliphatic rings. The van der Waals surface area contributed by atoms with Gasteiger partial charge in [0.25, 0.3) is 0 Å². The van der Waals surface area contributed by atoms with Gasteiger partial charge in [-0.1, -0.05) is 0 Å². The van der Waals surface area contributed by atoms with E-state index in [1.165, 1.54) is 0 Å². The predicted molar refractivity (Wildman–Crippen MR) is 45.4 cm³/mol. The number of hydrogen-bond acceptors (Lipinski definition) is 3. The summed E-state index contributed by atoms with van der Waals surface area (Å²) in [6.45, 7) is 4.62. The van der Waals surface area contributed by atoms with Gasteiger partial charge < -0.3 is 4.90 Å². The van der Waals surface area contributed by atoms with Crippen LogP contribution in [0.15, 0.2) is 0 Å². The van der Waals surface area contributed by atoms with Crippen LogP contribution in [0.3, 0.4) is 0 Å². The van der Waals surface area contributed by atoms with Gasteiger partial charge in [-0.05, 0) is 12.8 Å². The van der Waals surface area contributed by atoms with Crippen LogP contribution in [0.2, 0.25) is 0 Å². The van der Waals surface area contributed by atoms with Crippen molar-refractivity contribution < 1.29 is 9.63 Å². The normalized spacial score (nSPS) is 20.9. The summed E-state index contributed by atoms with van der Waals surface area (Å²) in [7, 11) is 0. The molecule has 0 aromatic rings. The third-order valence-corrected chi connectivity index (χ3v) is 1.97. The van der Waals surface area contributed by atoms with Gasteiger partial charge in [0.05, 0.1) is 6.61 Å². The first-order chi connectivity index (χ1) is 5.80. The van der Waals surface area contributed by atoms with Crippen molar-refractivity contribution in [3.05, 3.63) is 0 Å². The molecule has 1 rings (SSSR count). The van der Waals surface area contributed by atoms with Gasteiger partial charge in [0.1, 0.15) is 0 Å². The molecule has 0 atom stereocenters. The summed E-state index contributed by atoms with van der Waals surface area (Å²) in [6.07, 6.45) is 2.11. The van der Waals surface area contributed by atoms with Crippen LogP contribution in [0.1, 0.15) is 19.8 Å². The van der Waals surface area contributed by atoms with E-state index >= 15 is 0 Å². The predicted octanol–water partition coefficient (Wildman–Crippen LogP) is 0.150. The van der Waals surface area contributed by atoms with E-state index in [0.29, 0.717) is 13.2 Å². The average Bonchev–Trinajstić information content (AvgIpc) is 2.15. The lowest BCUT2D eigenvalue weighted by Crippen LogP contribution is -2.32. The zero-order chi connectivity index (χ0) is 8.81. The van der Waals surface area contributed by atoms with Crippen LogP contribution in [0.4, 0.5) is 0 Å². The Morgan fingerprint density at radius 2 is 2.25 bits per heavy atom. The van der Waals surface area contributed by atoms with Gasteiger partial charge >= 0.3 is 0 Å². The lowest BCUT2D eigenvalue weighted by Gasteiger charge is -2.18. The first-order valence-electron chi connectivity index (χ1n) is 4.41. The molecule has 0 bridgehead atoms. The Labute approximate surface area is 72.8 Å². The lowest BCUT2D eigenvalue weighted by atomic mass is 10.3. The maximum Gasteiger partial charge on any atom is 0.219 e. The fraction of sp³-hybridized carbons (Fsp3) is 0.875. The Morgan fingerprint density at radius 3 is 3.00 bits per heavy atom. The molecule has 0 unspecified atom stereocenters. The van der Waals surface area contributed by atoms with Gasteiger partial charge in [-0.3, -0.25) is 9.63 Å². The Kier molecular flexibility index (Phi) is 4.04. The molecule has 0 aromatic heterocycles. The number of amides is 1. The van der Waals surface area contributed by atoms with Crippen LogP contribution in [0, 0.1) is 0 Å². The third kappa shape index (κ3) is 3.19. The fourth-order valence-electron chi connectivity index (χ4n) is 1.23. The minimum atomic E-state index is 0.139. The molecule has 1 saturated heterocycles. The molecular formula is C8H16N2O2. The second-order valence-corrected chi connectivity index (χ2v) is 2.96. The fourth-order valence-corrected chi connectivity index (χ4v) is 1.23. The largest absolute Gasteiger partial charge is 0.341 e. The van der Waals surface area contributed by atoms with Crippen molar-refractivity contribution in [1.29, 1.82) is 0 Å². The smallest absolute Gasteiger partial charge is 0.219 e. The van der Waals surface area contributed by atoms with Gasteiger partial charge in [0.15, 0.2) is 0 Å². The van der Waals surface area contributed by atoms with Gasteiger partial charge in [0, 0.05) is 26.6 Å².